The van der Waals surface area contributed by atoms with Crippen molar-refractivity contribution in [1.29, 1.82) is 0 Å². The van der Waals surface area contributed by atoms with Gasteiger partial charge in [-0.3, -0.25) is 4.79 Å². The summed E-state index contributed by atoms with van der Waals surface area (Å²) in [6.07, 6.45) is 2.00. The lowest BCUT2D eigenvalue weighted by Crippen LogP contribution is -2.31. The number of carbonyl (C=O) groups excluding carboxylic acids is 3. The van der Waals surface area contributed by atoms with Crippen LogP contribution in [0.3, 0.4) is 0 Å². The largest absolute Gasteiger partial charge is 0.484 e. The molecule has 0 unspecified atom stereocenters. The first kappa shape index (κ1) is 22.3. The summed E-state index contributed by atoms with van der Waals surface area (Å²) in [4.78, 5) is 38.7. The Balaban J connectivity index is 2.05. The van der Waals surface area contributed by atoms with Gasteiger partial charge in [0, 0.05) is 18.5 Å². The number of hydrogen-bond donors (Lipinski definition) is 0. The van der Waals surface area contributed by atoms with E-state index in [-0.39, 0.29) is 29.4 Å². The third-order valence-electron chi connectivity index (χ3n) is 4.12. The monoisotopic (exact) mass is 417 g/mol. The van der Waals surface area contributed by atoms with Crippen molar-refractivity contribution in [2.45, 2.75) is 11.4 Å². The van der Waals surface area contributed by atoms with Crippen LogP contribution in [0.2, 0.25) is 0 Å². The second-order valence-electron chi connectivity index (χ2n) is 6.12. The topological polar surface area (TPSA) is 82.1 Å². The van der Waals surface area contributed by atoms with Crippen molar-refractivity contribution in [2.24, 2.45) is 0 Å². The summed E-state index contributed by atoms with van der Waals surface area (Å²) in [6.45, 7) is 0.192. The molecule has 0 bridgehead atoms. The number of benzene rings is 2. The zero-order valence-corrected chi connectivity index (χ0v) is 17.6. The van der Waals surface area contributed by atoms with Crippen molar-refractivity contribution in [1.82, 2.24) is 4.90 Å². The highest BCUT2D eigenvalue weighted by Crippen LogP contribution is 2.20. The Hall–Kier alpha value is -3.00. The molecule has 0 radical (unpaired) electrons. The van der Waals surface area contributed by atoms with E-state index in [9.17, 15) is 14.4 Å². The van der Waals surface area contributed by atoms with Gasteiger partial charge in [-0.15, -0.1) is 11.8 Å². The van der Waals surface area contributed by atoms with Crippen molar-refractivity contribution >= 4 is 29.6 Å². The molecule has 2 aromatic carbocycles. The molecule has 2 aromatic rings. The normalized spacial score (nSPS) is 10.2. The van der Waals surface area contributed by atoms with E-state index < -0.39 is 11.9 Å². The highest BCUT2D eigenvalue weighted by Gasteiger charge is 2.16. The molecule has 0 N–H and O–H groups in total. The minimum Gasteiger partial charge on any atom is -0.484 e. The van der Waals surface area contributed by atoms with E-state index in [4.69, 9.17) is 4.74 Å². The van der Waals surface area contributed by atoms with Crippen molar-refractivity contribution in [3.63, 3.8) is 0 Å². The predicted octanol–water partition coefficient (Wildman–Crippen LogP) is 3.02. The summed E-state index contributed by atoms with van der Waals surface area (Å²) in [5.41, 5.74) is 1.25. The molecule has 0 heterocycles. The van der Waals surface area contributed by atoms with Gasteiger partial charge in [-0.2, -0.15) is 0 Å². The Morgan fingerprint density at radius 3 is 1.97 bits per heavy atom. The zero-order chi connectivity index (χ0) is 21.4. The highest BCUT2D eigenvalue weighted by molar-refractivity contribution is 7.98. The van der Waals surface area contributed by atoms with Gasteiger partial charge in [0.05, 0.1) is 25.3 Å². The van der Waals surface area contributed by atoms with Crippen LogP contribution in [0.1, 0.15) is 26.3 Å². The molecule has 0 aliphatic rings. The van der Waals surface area contributed by atoms with Crippen molar-refractivity contribution in [2.75, 3.05) is 34.1 Å². The number of rotatable bonds is 8. The number of esters is 2. The molecular weight excluding hydrogens is 394 g/mol. The molecule has 2 rings (SSSR count). The summed E-state index contributed by atoms with van der Waals surface area (Å²) in [5.74, 6) is -1.31. The number of likely N-dealkylation sites (N-methyl/N-ethyl adjacent to an activating group) is 1. The van der Waals surface area contributed by atoms with E-state index in [0.717, 1.165) is 10.5 Å². The van der Waals surface area contributed by atoms with Gasteiger partial charge < -0.3 is 19.1 Å². The summed E-state index contributed by atoms with van der Waals surface area (Å²) in [7, 11) is 4.15. The summed E-state index contributed by atoms with van der Waals surface area (Å²) < 4.78 is 14.9. The SMILES string of the molecule is COC(=O)c1cc(OCC(=O)N(C)Cc2ccc(SC)cc2)cc(C(=O)OC)c1. The fraction of sp³-hybridized carbons (Fsp3) is 0.286. The maximum Gasteiger partial charge on any atom is 0.338 e. The molecule has 0 fully saturated rings. The van der Waals surface area contributed by atoms with E-state index in [1.807, 2.05) is 30.5 Å². The smallest absolute Gasteiger partial charge is 0.338 e. The molecule has 0 saturated heterocycles. The Morgan fingerprint density at radius 1 is 0.931 bits per heavy atom. The van der Waals surface area contributed by atoms with E-state index in [1.54, 1.807) is 23.7 Å². The van der Waals surface area contributed by atoms with Crippen molar-refractivity contribution < 1.29 is 28.6 Å². The van der Waals surface area contributed by atoms with Gasteiger partial charge >= 0.3 is 11.9 Å². The quantitative estimate of drug-likeness (QED) is 0.482. The van der Waals surface area contributed by atoms with Crippen LogP contribution in [0.4, 0.5) is 0 Å². The molecule has 0 aliphatic carbocycles. The second kappa shape index (κ2) is 10.5. The Morgan fingerprint density at radius 2 is 1.48 bits per heavy atom. The van der Waals surface area contributed by atoms with Gasteiger partial charge in [-0.25, -0.2) is 9.59 Å². The molecule has 0 saturated carbocycles. The molecule has 29 heavy (non-hydrogen) atoms. The fourth-order valence-electron chi connectivity index (χ4n) is 2.50. The second-order valence-corrected chi connectivity index (χ2v) is 7.00. The van der Waals surface area contributed by atoms with E-state index in [0.29, 0.717) is 6.54 Å². The third kappa shape index (κ3) is 6.25. The average molecular weight is 417 g/mol. The fourth-order valence-corrected chi connectivity index (χ4v) is 2.91. The summed E-state index contributed by atoms with van der Waals surface area (Å²) >= 11 is 1.65. The summed E-state index contributed by atoms with van der Waals surface area (Å²) in [6, 6.07) is 12.1. The maximum atomic E-state index is 12.4. The standard InChI is InChI=1S/C21H23NO6S/c1-22(12-14-5-7-18(29-4)8-6-14)19(23)13-28-17-10-15(20(24)26-2)9-16(11-17)21(25)27-3/h5-11H,12-13H2,1-4H3. The van der Waals surface area contributed by atoms with Gasteiger partial charge in [-0.1, -0.05) is 12.1 Å². The minimum absolute atomic E-state index is 0.125. The van der Waals surface area contributed by atoms with E-state index in [2.05, 4.69) is 9.47 Å². The molecule has 0 aliphatic heterocycles. The van der Waals surface area contributed by atoms with E-state index >= 15 is 0 Å². The molecule has 0 aromatic heterocycles. The first-order valence-corrected chi connectivity index (χ1v) is 9.91. The molecule has 8 heteroatoms. The molecule has 154 valence electrons. The molecule has 0 spiro atoms. The number of ether oxygens (including phenoxy) is 3. The van der Waals surface area contributed by atoms with Gasteiger partial charge in [0.2, 0.25) is 0 Å². The van der Waals surface area contributed by atoms with Gasteiger partial charge in [-0.05, 0) is 42.2 Å². The maximum absolute atomic E-state index is 12.4. The minimum atomic E-state index is -0.627. The lowest BCUT2D eigenvalue weighted by atomic mass is 10.1. The van der Waals surface area contributed by atoms with Crippen LogP contribution < -0.4 is 4.74 Å². The highest BCUT2D eigenvalue weighted by atomic mass is 32.2. The van der Waals surface area contributed by atoms with Crippen LogP contribution >= 0.6 is 11.8 Å². The predicted molar refractivity (Wildman–Crippen MR) is 109 cm³/mol. The van der Waals surface area contributed by atoms with Crippen LogP contribution in [-0.2, 0) is 20.8 Å². The number of carbonyl (C=O) groups is 3. The lowest BCUT2D eigenvalue weighted by molar-refractivity contribution is -0.132. The van der Waals surface area contributed by atoms with Gasteiger partial charge in [0.25, 0.3) is 5.91 Å². The Kier molecular flexibility index (Phi) is 8.09. The number of thioether (sulfide) groups is 1. The Bertz CT molecular complexity index is 847. The number of amides is 1. The Labute approximate surface area is 173 Å². The van der Waals surface area contributed by atoms with Crippen LogP contribution in [0.15, 0.2) is 47.4 Å². The van der Waals surface area contributed by atoms with Gasteiger partial charge in [0.1, 0.15) is 5.75 Å². The molecular formula is C21H23NO6S. The van der Waals surface area contributed by atoms with E-state index in [1.165, 1.54) is 32.4 Å². The van der Waals surface area contributed by atoms with Crippen molar-refractivity contribution in [3.05, 3.63) is 59.2 Å². The van der Waals surface area contributed by atoms with Crippen LogP contribution in [0, 0.1) is 0 Å². The van der Waals surface area contributed by atoms with Gasteiger partial charge in [0.15, 0.2) is 6.61 Å². The average Bonchev–Trinajstić information content (AvgIpc) is 2.76. The lowest BCUT2D eigenvalue weighted by Gasteiger charge is -2.18. The van der Waals surface area contributed by atoms with Crippen LogP contribution in [0.5, 0.6) is 5.75 Å². The molecule has 1 amide bonds. The zero-order valence-electron chi connectivity index (χ0n) is 16.8. The third-order valence-corrected chi connectivity index (χ3v) is 4.86. The van der Waals surface area contributed by atoms with Crippen LogP contribution in [-0.4, -0.2) is 56.9 Å². The number of methoxy groups -OCH3 is 2. The number of nitrogens with zero attached hydrogens (tertiary/aromatic N) is 1. The summed E-state index contributed by atoms with van der Waals surface area (Å²) in [5, 5.41) is 0. The number of hydrogen-bond acceptors (Lipinski definition) is 7. The first-order chi connectivity index (χ1) is 13.9. The first-order valence-electron chi connectivity index (χ1n) is 8.69. The molecule has 7 nitrogen and oxygen atoms in total. The van der Waals surface area contributed by atoms with Crippen LogP contribution in [0.25, 0.3) is 0 Å². The van der Waals surface area contributed by atoms with Crippen molar-refractivity contribution in [3.8, 4) is 5.75 Å². The molecule has 0 atom stereocenters.